The highest BCUT2D eigenvalue weighted by Gasteiger charge is 2.86. The van der Waals surface area contributed by atoms with Gasteiger partial charge in [0.2, 0.25) is 0 Å². The first-order valence-corrected chi connectivity index (χ1v) is 14.0. The number of alkyl halides is 1. The van der Waals surface area contributed by atoms with Crippen LogP contribution in [0.25, 0.3) is 0 Å². The molecule has 0 unspecified atom stereocenters. The molecule has 0 aromatic heterocycles. The number of carboxylic acid groups (broad SMARTS) is 1. The van der Waals surface area contributed by atoms with E-state index in [0.29, 0.717) is 50.1 Å². The Hall–Kier alpha value is -1.31. The maximum absolute atomic E-state index is 13.6. The average Bonchev–Trinajstić information content (AvgIpc) is 3.39. The van der Waals surface area contributed by atoms with Gasteiger partial charge in [-0.3, -0.25) is 9.69 Å². The van der Waals surface area contributed by atoms with Crippen LogP contribution in [0.4, 0.5) is 4.39 Å². The molecule has 10 atom stereocenters. The molecule has 202 valence electrons. The van der Waals surface area contributed by atoms with E-state index in [2.05, 4.69) is 32.3 Å². The van der Waals surface area contributed by atoms with Crippen molar-refractivity contribution in [1.29, 1.82) is 0 Å². The summed E-state index contributed by atoms with van der Waals surface area (Å²) in [5.74, 6) is 0.486. The smallest absolute Gasteiger partial charge is 0.311 e. The van der Waals surface area contributed by atoms with Crippen LogP contribution in [0.15, 0.2) is 12.2 Å². The molecule has 4 saturated carbocycles. The van der Waals surface area contributed by atoms with Crippen molar-refractivity contribution in [3.05, 3.63) is 12.2 Å². The number of halogens is 1. The van der Waals surface area contributed by atoms with E-state index in [1.807, 2.05) is 6.92 Å². The first-order chi connectivity index (χ1) is 17.1. The minimum absolute atomic E-state index is 0.0463. The third-order valence-electron chi connectivity index (χ3n) is 11.2. The molecule has 36 heavy (non-hydrogen) atoms. The molecule has 0 aromatic rings. The van der Waals surface area contributed by atoms with E-state index in [1.54, 1.807) is 0 Å². The molecule has 0 radical (unpaired) electrons. The van der Waals surface area contributed by atoms with Crippen molar-refractivity contribution in [3.8, 4) is 0 Å². The summed E-state index contributed by atoms with van der Waals surface area (Å²) in [7, 11) is 0. The summed E-state index contributed by atoms with van der Waals surface area (Å²) in [5, 5.41) is 11.1. The van der Waals surface area contributed by atoms with Crippen molar-refractivity contribution in [2.24, 2.45) is 51.8 Å². The molecule has 5 rings (SSSR count). The molecule has 5 aliphatic rings. The summed E-state index contributed by atoms with van der Waals surface area (Å²) in [6.07, 6.45) is 4.85. The van der Waals surface area contributed by atoms with Crippen LogP contribution in [0.2, 0.25) is 0 Å². The topological polar surface area (TPSA) is 76.1 Å². The zero-order valence-electron chi connectivity index (χ0n) is 22.4. The van der Waals surface area contributed by atoms with E-state index in [0.717, 1.165) is 32.0 Å². The fourth-order valence-electron chi connectivity index (χ4n) is 10.2. The number of rotatable bonds is 9. The number of morpholine rings is 1. The number of carbonyl (C=O) groups is 2. The van der Waals surface area contributed by atoms with E-state index in [4.69, 9.17) is 9.47 Å². The van der Waals surface area contributed by atoms with Gasteiger partial charge in [-0.15, -0.1) is 0 Å². The van der Waals surface area contributed by atoms with Crippen LogP contribution in [0.5, 0.6) is 0 Å². The molecule has 7 heteroatoms. The molecule has 0 spiro atoms. The Balaban J connectivity index is 1.50. The lowest BCUT2D eigenvalue weighted by molar-refractivity contribution is -0.242. The number of hydrogen-bond donors (Lipinski definition) is 1. The summed E-state index contributed by atoms with van der Waals surface area (Å²) in [6.45, 7) is 13.7. The van der Waals surface area contributed by atoms with Gasteiger partial charge >= 0.3 is 5.97 Å². The van der Waals surface area contributed by atoms with Gasteiger partial charge in [0, 0.05) is 30.5 Å². The van der Waals surface area contributed by atoms with Crippen molar-refractivity contribution in [2.75, 3.05) is 32.9 Å². The van der Waals surface area contributed by atoms with Crippen molar-refractivity contribution in [2.45, 2.75) is 72.2 Å². The largest absolute Gasteiger partial charge is 0.481 e. The predicted octanol–water partition coefficient (Wildman–Crippen LogP) is 4.58. The van der Waals surface area contributed by atoms with E-state index in [1.165, 1.54) is 0 Å². The second-order valence-corrected chi connectivity index (χ2v) is 13.2. The second-order valence-electron chi connectivity index (χ2n) is 13.2. The Morgan fingerprint density at radius 3 is 2.67 bits per heavy atom. The van der Waals surface area contributed by atoms with Crippen LogP contribution >= 0.6 is 0 Å². The summed E-state index contributed by atoms with van der Waals surface area (Å²) in [5.41, 5.74) is -1.97. The fraction of sp³-hybridized carbons (Fsp3) is 0.862. The predicted molar refractivity (Wildman–Crippen MR) is 134 cm³/mol. The lowest BCUT2D eigenvalue weighted by Gasteiger charge is -2.59. The molecule has 4 aliphatic carbocycles. The van der Waals surface area contributed by atoms with Gasteiger partial charge in [-0.25, -0.2) is 4.39 Å². The lowest BCUT2D eigenvalue weighted by atomic mass is 9.42. The molecular weight excluding hydrogens is 461 g/mol. The molecule has 0 aromatic carbocycles. The molecule has 6 nitrogen and oxygen atoms in total. The van der Waals surface area contributed by atoms with Crippen LogP contribution in [-0.4, -0.2) is 67.6 Å². The Bertz CT molecular complexity index is 910. The Kier molecular flexibility index (Phi) is 6.69. The lowest BCUT2D eigenvalue weighted by Crippen LogP contribution is -2.65. The normalized spacial score (nSPS) is 47.8. The Labute approximate surface area is 215 Å². The summed E-state index contributed by atoms with van der Waals surface area (Å²) in [4.78, 5) is 28.8. The van der Waals surface area contributed by atoms with Gasteiger partial charge in [-0.1, -0.05) is 33.8 Å². The van der Waals surface area contributed by atoms with Crippen molar-refractivity contribution in [3.63, 3.8) is 0 Å². The number of ether oxygens (including phenoxy) is 2. The van der Waals surface area contributed by atoms with Crippen molar-refractivity contribution >= 4 is 12.3 Å². The van der Waals surface area contributed by atoms with Gasteiger partial charge in [0.25, 0.3) is 0 Å². The second kappa shape index (κ2) is 9.16. The standard InChI is InChI=1S/C29H44FNO5/c1-17(2)24-8-21-9-27(15-32)23-7-6-19(4)22(23)10-28(21,29(24,27)26(33)34)16-35-25-14-31(12-18(3)11-30)13-20(5)36-25/h15,17,19-25H,3,6-14,16H2,1-2,4-5H3,(H,33,34)/t19-,20-,21+,22-,23-,24+,25-,27+,28+,29+/m1/s1. The van der Waals surface area contributed by atoms with Gasteiger partial charge in [-0.05, 0) is 73.7 Å². The van der Waals surface area contributed by atoms with Gasteiger partial charge in [0.05, 0.1) is 18.1 Å². The molecule has 1 N–H and O–H groups in total. The summed E-state index contributed by atoms with van der Waals surface area (Å²) < 4.78 is 25.8. The highest BCUT2D eigenvalue weighted by molar-refractivity contribution is 5.86. The molecule has 5 fully saturated rings. The molecule has 1 aliphatic heterocycles. The van der Waals surface area contributed by atoms with E-state index in [-0.39, 0.29) is 29.8 Å². The number of fused-ring (bicyclic) bond motifs is 2. The van der Waals surface area contributed by atoms with E-state index >= 15 is 0 Å². The van der Waals surface area contributed by atoms with Crippen LogP contribution < -0.4 is 0 Å². The average molecular weight is 506 g/mol. The number of carboxylic acids is 1. The molecule has 1 heterocycles. The molecular formula is C29H44FNO5. The van der Waals surface area contributed by atoms with Crippen LogP contribution in [-0.2, 0) is 19.1 Å². The number of aldehydes is 1. The van der Waals surface area contributed by atoms with Gasteiger partial charge in [-0.2, -0.15) is 0 Å². The third-order valence-corrected chi connectivity index (χ3v) is 11.2. The van der Waals surface area contributed by atoms with Crippen molar-refractivity contribution < 1.29 is 28.6 Å². The van der Waals surface area contributed by atoms with Gasteiger partial charge < -0.3 is 19.4 Å². The number of carbonyl (C=O) groups excluding carboxylic acids is 1. The highest BCUT2D eigenvalue weighted by Crippen LogP contribution is 2.84. The molecule has 1 saturated heterocycles. The molecule has 4 bridgehead atoms. The first kappa shape index (κ1) is 26.3. The van der Waals surface area contributed by atoms with Crippen LogP contribution in [0, 0.1) is 51.8 Å². The summed E-state index contributed by atoms with van der Waals surface area (Å²) in [6, 6.07) is 0. The Morgan fingerprint density at radius 2 is 2.03 bits per heavy atom. The van der Waals surface area contributed by atoms with Gasteiger partial charge in [0.1, 0.15) is 13.0 Å². The van der Waals surface area contributed by atoms with Crippen molar-refractivity contribution in [1.82, 2.24) is 4.90 Å². The fourth-order valence-corrected chi connectivity index (χ4v) is 10.2. The zero-order chi connectivity index (χ0) is 26.0. The van der Waals surface area contributed by atoms with E-state index in [9.17, 15) is 19.1 Å². The number of hydrogen-bond acceptors (Lipinski definition) is 5. The first-order valence-electron chi connectivity index (χ1n) is 14.0. The van der Waals surface area contributed by atoms with E-state index < -0.39 is 35.2 Å². The monoisotopic (exact) mass is 505 g/mol. The number of nitrogens with zero attached hydrogens (tertiary/aromatic N) is 1. The van der Waals surface area contributed by atoms with Crippen LogP contribution in [0.3, 0.4) is 0 Å². The summed E-state index contributed by atoms with van der Waals surface area (Å²) >= 11 is 0. The third kappa shape index (κ3) is 3.37. The minimum atomic E-state index is -1.10. The minimum Gasteiger partial charge on any atom is -0.481 e. The maximum Gasteiger partial charge on any atom is 0.311 e. The van der Waals surface area contributed by atoms with Gasteiger partial charge in [0.15, 0.2) is 6.29 Å². The Morgan fingerprint density at radius 1 is 1.28 bits per heavy atom. The quantitative estimate of drug-likeness (QED) is 0.365. The molecule has 0 amide bonds. The number of aliphatic carboxylic acids is 1. The highest BCUT2D eigenvalue weighted by atomic mass is 19.1. The SMILES string of the molecule is C=C(CF)CN1C[C@H](OC[C@@]23C[C@@H]4[C@H](C)CC[C@H]4[C@@]4(C=O)C[C@@H]2C[C@@H](C(C)C)[C@@]34C(=O)O)O[C@H](C)C1. The zero-order valence-corrected chi connectivity index (χ0v) is 22.4. The maximum atomic E-state index is 13.6. The van der Waals surface area contributed by atoms with Crippen LogP contribution in [0.1, 0.15) is 59.8 Å².